The number of para-hydroxylation sites is 1. The number of hydrogen-bond donors (Lipinski definition) is 1. The summed E-state index contributed by atoms with van der Waals surface area (Å²) in [5.41, 5.74) is 1.55. The third kappa shape index (κ3) is 3.96. The summed E-state index contributed by atoms with van der Waals surface area (Å²) in [7, 11) is 0. The number of halogens is 1. The number of thiophene rings is 1. The number of rotatable bonds is 4. The number of nitrogens with one attached hydrogen (secondary N) is 1. The van der Waals surface area contributed by atoms with E-state index in [1.54, 1.807) is 11.4 Å². The van der Waals surface area contributed by atoms with Crippen molar-refractivity contribution in [1.82, 2.24) is 4.90 Å². The van der Waals surface area contributed by atoms with E-state index in [1.165, 1.54) is 11.3 Å². The van der Waals surface area contributed by atoms with Crippen molar-refractivity contribution in [2.45, 2.75) is 13.0 Å². The quantitative estimate of drug-likeness (QED) is 0.890. The predicted molar refractivity (Wildman–Crippen MR) is 102 cm³/mol. The van der Waals surface area contributed by atoms with E-state index in [2.05, 4.69) is 21.2 Å². The van der Waals surface area contributed by atoms with E-state index in [4.69, 9.17) is 16.9 Å². The molecule has 5 nitrogen and oxygen atoms in total. The standard InChI is InChI=1S/C18H19ClN4OS/c1-13(17(24)21-18-14(12-20)6-11-25-18)22-7-9-23(10-8-22)16-5-3-2-4-15(16)19/h2-6,11,13H,7-10H2,1H3,(H,21,24)/t13-/m1/s1. The van der Waals surface area contributed by atoms with Crippen LogP contribution < -0.4 is 10.2 Å². The molecule has 0 unspecified atom stereocenters. The van der Waals surface area contributed by atoms with Crippen LogP contribution in [-0.4, -0.2) is 43.0 Å². The summed E-state index contributed by atoms with van der Waals surface area (Å²) >= 11 is 7.64. The zero-order valence-electron chi connectivity index (χ0n) is 13.9. The van der Waals surface area contributed by atoms with Crippen LogP contribution in [0.1, 0.15) is 12.5 Å². The van der Waals surface area contributed by atoms with Gasteiger partial charge in [-0.05, 0) is 30.5 Å². The molecule has 0 saturated carbocycles. The highest BCUT2D eigenvalue weighted by atomic mass is 35.5. The zero-order valence-corrected chi connectivity index (χ0v) is 15.5. The smallest absolute Gasteiger partial charge is 0.242 e. The number of amides is 1. The first-order valence-corrected chi connectivity index (χ1v) is 9.38. The molecule has 0 aliphatic carbocycles. The zero-order chi connectivity index (χ0) is 17.8. The Morgan fingerprint density at radius 1 is 1.28 bits per heavy atom. The minimum atomic E-state index is -0.248. The minimum absolute atomic E-state index is 0.0786. The minimum Gasteiger partial charge on any atom is -0.368 e. The van der Waals surface area contributed by atoms with Gasteiger partial charge in [0, 0.05) is 26.2 Å². The molecular formula is C18H19ClN4OS. The molecular weight excluding hydrogens is 356 g/mol. The molecule has 1 saturated heterocycles. The molecule has 1 aromatic carbocycles. The summed E-state index contributed by atoms with van der Waals surface area (Å²) in [5.74, 6) is -0.0786. The maximum absolute atomic E-state index is 12.5. The fraction of sp³-hybridized carbons (Fsp3) is 0.333. The fourth-order valence-corrected chi connectivity index (χ4v) is 3.93. The van der Waals surface area contributed by atoms with Gasteiger partial charge in [0.05, 0.1) is 22.3 Å². The molecule has 1 fully saturated rings. The van der Waals surface area contributed by atoms with Gasteiger partial charge in [-0.3, -0.25) is 9.69 Å². The van der Waals surface area contributed by atoms with Crippen LogP contribution >= 0.6 is 22.9 Å². The molecule has 0 spiro atoms. The van der Waals surface area contributed by atoms with Crippen LogP contribution in [0.15, 0.2) is 35.7 Å². The van der Waals surface area contributed by atoms with E-state index in [-0.39, 0.29) is 11.9 Å². The molecule has 7 heteroatoms. The summed E-state index contributed by atoms with van der Waals surface area (Å²) in [6, 6.07) is 11.4. The third-order valence-electron chi connectivity index (χ3n) is 4.46. The first-order chi connectivity index (χ1) is 12.1. The summed E-state index contributed by atoms with van der Waals surface area (Å²) < 4.78 is 0. The second-order valence-corrected chi connectivity index (χ2v) is 7.24. The summed E-state index contributed by atoms with van der Waals surface area (Å²) in [6.07, 6.45) is 0. The fourth-order valence-electron chi connectivity index (χ4n) is 2.93. The summed E-state index contributed by atoms with van der Waals surface area (Å²) in [5, 5.41) is 15.1. The number of benzene rings is 1. The van der Waals surface area contributed by atoms with Crippen molar-refractivity contribution in [3.8, 4) is 6.07 Å². The van der Waals surface area contributed by atoms with Crippen LogP contribution in [-0.2, 0) is 4.79 Å². The van der Waals surface area contributed by atoms with Gasteiger partial charge in [-0.2, -0.15) is 5.26 Å². The number of nitrogens with zero attached hydrogens (tertiary/aromatic N) is 3. The molecule has 1 aromatic heterocycles. The van der Waals surface area contributed by atoms with E-state index < -0.39 is 0 Å². The van der Waals surface area contributed by atoms with Crippen LogP contribution in [0.25, 0.3) is 0 Å². The van der Waals surface area contributed by atoms with Crippen molar-refractivity contribution in [3.63, 3.8) is 0 Å². The molecule has 3 rings (SSSR count). The highest BCUT2D eigenvalue weighted by Crippen LogP contribution is 2.27. The van der Waals surface area contributed by atoms with Crippen molar-refractivity contribution < 1.29 is 4.79 Å². The molecule has 1 N–H and O–H groups in total. The van der Waals surface area contributed by atoms with Gasteiger partial charge in [-0.1, -0.05) is 23.7 Å². The van der Waals surface area contributed by atoms with Crippen LogP contribution in [0.4, 0.5) is 10.7 Å². The molecule has 1 aliphatic heterocycles. The second kappa shape index (κ2) is 7.87. The van der Waals surface area contributed by atoms with Crippen molar-refractivity contribution >= 4 is 39.5 Å². The van der Waals surface area contributed by atoms with Gasteiger partial charge in [-0.25, -0.2) is 0 Å². The molecule has 2 aromatic rings. The Balaban J connectivity index is 1.58. The first kappa shape index (κ1) is 17.7. The number of nitriles is 1. The van der Waals surface area contributed by atoms with Gasteiger partial charge in [0.15, 0.2) is 0 Å². The van der Waals surface area contributed by atoms with Gasteiger partial charge in [0.1, 0.15) is 11.1 Å². The highest BCUT2D eigenvalue weighted by molar-refractivity contribution is 7.14. The molecule has 2 heterocycles. The molecule has 130 valence electrons. The molecule has 0 bridgehead atoms. The Morgan fingerprint density at radius 3 is 2.68 bits per heavy atom. The Hall–Kier alpha value is -2.07. The van der Waals surface area contributed by atoms with Crippen molar-refractivity contribution in [3.05, 3.63) is 46.3 Å². The molecule has 1 aliphatic rings. The topological polar surface area (TPSA) is 59.4 Å². The number of hydrogen-bond acceptors (Lipinski definition) is 5. The SMILES string of the molecule is C[C@H](C(=O)Nc1sccc1C#N)N1CCN(c2ccccc2Cl)CC1. The van der Waals surface area contributed by atoms with Gasteiger partial charge in [0.25, 0.3) is 0 Å². The lowest BCUT2D eigenvalue weighted by Gasteiger charge is -2.38. The third-order valence-corrected chi connectivity index (χ3v) is 5.61. The highest BCUT2D eigenvalue weighted by Gasteiger charge is 2.26. The van der Waals surface area contributed by atoms with Crippen LogP contribution in [0.5, 0.6) is 0 Å². The largest absolute Gasteiger partial charge is 0.368 e. The first-order valence-electron chi connectivity index (χ1n) is 8.12. The van der Waals surface area contributed by atoms with E-state index in [0.717, 1.165) is 36.9 Å². The van der Waals surface area contributed by atoms with Gasteiger partial charge in [0.2, 0.25) is 5.91 Å². The van der Waals surface area contributed by atoms with E-state index in [9.17, 15) is 4.79 Å². The Labute approximate surface area is 156 Å². The van der Waals surface area contributed by atoms with Crippen molar-refractivity contribution in [2.24, 2.45) is 0 Å². The van der Waals surface area contributed by atoms with Crippen molar-refractivity contribution in [1.29, 1.82) is 5.26 Å². The maximum atomic E-state index is 12.5. The summed E-state index contributed by atoms with van der Waals surface area (Å²) in [6.45, 7) is 5.12. The average Bonchev–Trinajstić information content (AvgIpc) is 3.09. The molecule has 0 radical (unpaired) electrons. The molecule has 25 heavy (non-hydrogen) atoms. The monoisotopic (exact) mass is 374 g/mol. The lowest BCUT2D eigenvalue weighted by atomic mass is 10.2. The Morgan fingerprint density at radius 2 is 2.00 bits per heavy atom. The number of carbonyl (C=O) groups is 1. The van der Waals surface area contributed by atoms with Crippen molar-refractivity contribution in [2.75, 3.05) is 36.4 Å². The van der Waals surface area contributed by atoms with Crippen LogP contribution in [0.3, 0.4) is 0 Å². The lowest BCUT2D eigenvalue weighted by Crippen LogP contribution is -2.52. The number of anilines is 2. The molecule has 1 atom stereocenters. The Bertz CT molecular complexity index is 792. The molecule has 1 amide bonds. The van der Waals surface area contributed by atoms with Gasteiger partial charge >= 0.3 is 0 Å². The normalized spacial score (nSPS) is 16.3. The average molecular weight is 375 g/mol. The predicted octanol–water partition coefficient (Wildman–Crippen LogP) is 3.42. The maximum Gasteiger partial charge on any atom is 0.242 e. The van der Waals surface area contributed by atoms with E-state index in [0.29, 0.717) is 10.6 Å². The number of piperazine rings is 1. The summed E-state index contributed by atoms with van der Waals surface area (Å²) in [4.78, 5) is 16.9. The van der Waals surface area contributed by atoms with Gasteiger partial charge in [-0.15, -0.1) is 11.3 Å². The van der Waals surface area contributed by atoms with E-state index >= 15 is 0 Å². The van der Waals surface area contributed by atoms with Crippen LogP contribution in [0.2, 0.25) is 5.02 Å². The van der Waals surface area contributed by atoms with E-state index in [1.807, 2.05) is 31.2 Å². The Kier molecular flexibility index (Phi) is 5.59. The number of carbonyl (C=O) groups excluding carboxylic acids is 1. The lowest BCUT2D eigenvalue weighted by molar-refractivity contribution is -0.120. The second-order valence-electron chi connectivity index (χ2n) is 5.91. The van der Waals surface area contributed by atoms with Crippen LogP contribution in [0, 0.1) is 11.3 Å². The van der Waals surface area contributed by atoms with Gasteiger partial charge < -0.3 is 10.2 Å².